The summed E-state index contributed by atoms with van der Waals surface area (Å²) in [6, 6.07) is 6.69. The molecule has 0 aliphatic rings. The minimum atomic E-state index is -0.245. The predicted octanol–water partition coefficient (Wildman–Crippen LogP) is 3.24. The number of hydrogen-bond acceptors (Lipinski definition) is 3. The quantitative estimate of drug-likeness (QED) is 0.673. The normalized spacial score (nSPS) is 12.7. The Morgan fingerprint density at radius 3 is 2.78 bits per heavy atom. The van der Waals surface area contributed by atoms with Gasteiger partial charge in [-0.25, -0.2) is 4.39 Å². The van der Waals surface area contributed by atoms with Gasteiger partial charge in [-0.2, -0.15) is 0 Å². The van der Waals surface area contributed by atoms with Crippen LogP contribution in [0.1, 0.15) is 22.9 Å². The maximum atomic E-state index is 13.8. The summed E-state index contributed by atoms with van der Waals surface area (Å²) in [7, 11) is 0. The van der Waals surface area contributed by atoms with Gasteiger partial charge in [0.05, 0.1) is 12.3 Å². The number of benzene rings is 1. The molecular formula is C13H14BrFN2O. The Kier molecular flexibility index (Phi) is 4.16. The maximum absolute atomic E-state index is 13.8. The van der Waals surface area contributed by atoms with Crippen molar-refractivity contribution in [1.29, 1.82) is 0 Å². The zero-order chi connectivity index (χ0) is 13.1. The van der Waals surface area contributed by atoms with Crippen LogP contribution in [-0.4, -0.2) is 0 Å². The number of halogens is 2. The van der Waals surface area contributed by atoms with Gasteiger partial charge in [-0.15, -0.1) is 0 Å². The van der Waals surface area contributed by atoms with E-state index in [1.807, 2.05) is 19.1 Å². The largest absolute Gasteiger partial charge is 0.469 e. The summed E-state index contributed by atoms with van der Waals surface area (Å²) in [5.41, 5.74) is 4.25. The van der Waals surface area contributed by atoms with Crippen LogP contribution in [0.4, 0.5) is 4.39 Å². The molecule has 5 heteroatoms. The van der Waals surface area contributed by atoms with Crippen LogP contribution in [0.2, 0.25) is 0 Å². The first kappa shape index (κ1) is 13.3. The van der Waals surface area contributed by atoms with E-state index in [9.17, 15) is 4.39 Å². The van der Waals surface area contributed by atoms with Gasteiger partial charge in [0.15, 0.2) is 0 Å². The van der Waals surface area contributed by atoms with E-state index in [2.05, 4.69) is 21.4 Å². The van der Waals surface area contributed by atoms with Gasteiger partial charge in [-0.3, -0.25) is 11.3 Å². The van der Waals surface area contributed by atoms with Crippen molar-refractivity contribution in [3.63, 3.8) is 0 Å². The summed E-state index contributed by atoms with van der Waals surface area (Å²) in [6.45, 7) is 1.86. The number of nitrogens with two attached hydrogens (primary N) is 1. The van der Waals surface area contributed by atoms with Crippen LogP contribution < -0.4 is 11.3 Å². The minimum absolute atomic E-state index is 0.167. The topological polar surface area (TPSA) is 51.2 Å². The molecule has 1 atom stereocenters. The number of hydrogen-bond donors (Lipinski definition) is 2. The van der Waals surface area contributed by atoms with E-state index < -0.39 is 0 Å². The predicted molar refractivity (Wildman–Crippen MR) is 71.3 cm³/mol. The zero-order valence-electron chi connectivity index (χ0n) is 9.91. The molecule has 0 saturated carbocycles. The Balaban J connectivity index is 2.23. The minimum Gasteiger partial charge on any atom is -0.469 e. The average Bonchev–Trinajstić information content (AvgIpc) is 2.75. The molecule has 0 spiro atoms. The van der Waals surface area contributed by atoms with E-state index in [0.29, 0.717) is 12.0 Å². The second kappa shape index (κ2) is 5.65. The first-order valence-electron chi connectivity index (χ1n) is 5.56. The number of hydrazine groups is 1. The Morgan fingerprint density at radius 1 is 1.44 bits per heavy atom. The van der Waals surface area contributed by atoms with Crippen LogP contribution >= 0.6 is 15.9 Å². The third-order valence-electron chi connectivity index (χ3n) is 2.91. The highest BCUT2D eigenvalue weighted by molar-refractivity contribution is 9.10. The van der Waals surface area contributed by atoms with Crippen molar-refractivity contribution >= 4 is 15.9 Å². The third-order valence-corrected chi connectivity index (χ3v) is 3.41. The highest BCUT2D eigenvalue weighted by Crippen LogP contribution is 2.24. The summed E-state index contributed by atoms with van der Waals surface area (Å²) < 4.78 is 19.7. The molecule has 1 heterocycles. The van der Waals surface area contributed by atoms with Crippen molar-refractivity contribution in [1.82, 2.24) is 5.43 Å². The van der Waals surface area contributed by atoms with Gasteiger partial charge in [-0.1, -0.05) is 22.0 Å². The van der Waals surface area contributed by atoms with Crippen LogP contribution in [0, 0.1) is 12.7 Å². The van der Waals surface area contributed by atoms with Gasteiger partial charge in [0.1, 0.15) is 11.6 Å². The molecule has 3 N–H and O–H groups in total. The van der Waals surface area contributed by atoms with Gasteiger partial charge >= 0.3 is 0 Å². The van der Waals surface area contributed by atoms with E-state index >= 15 is 0 Å². The highest BCUT2D eigenvalue weighted by Gasteiger charge is 2.16. The van der Waals surface area contributed by atoms with Crippen LogP contribution in [-0.2, 0) is 6.42 Å². The van der Waals surface area contributed by atoms with E-state index in [4.69, 9.17) is 10.3 Å². The molecule has 96 valence electrons. The molecular weight excluding hydrogens is 299 g/mol. The Morgan fingerprint density at radius 2 is 2.22 bits per heavy atom. The molecule has 2 aromatic rings. The van der Waals surface area contributed by atoms with E-state index in [1.54, 1.807) is 12.3 Å². The maximum Gasteiger partial charge on any atom is 0.127 e. The first-order chi connectivity index (χ1) is 8.61. The van der Waals surface area contributed by atoms with Crippen LogP contribution in [0.5, 0.6) is 0 Å². The summed E-state index contributed by atoms with van der Waals surface area (Å²) >= 11 is 3.23. The molecule has 1 aromatic carbocycles. The molecule has 0 saturated heterocycles. The summed E-state index contributed by atoms with van der Waals surface area (Å²) in [4.78, 5) is 0. The van der Waals surface area contributed by atoms with Gasteiger partial charge in [-0.05, 0) is 37.1 Å². The fraction of sp³-hybridized carbons (Fsp3) is 0.231. The molecule has 0 fully saturated rings. The smallest absolute Gasteiger partial charge is 0.127 e. The third kappa shape index (κ3) is 2.80. The van der Waals surface area contributed by atoms with Crippen molar-refractivity contribution in [2.75, 3.05) is 0 Å². The number of furan rings is 1. The SMILES string of the molecule is Cc1occc1C(Cc1ccc(Br)cc1F)NN. The van der Waals surface area contributed by atoms with Crippen molar-refractivity contribution in [3.05, 3.63) is 57.7 Å². The van der Waals surface area contributed by atoms with E-state index in [1.165, 1.54) is 6.07 Å². The fourth-order valence-electron chi connectivity index (χ4n) is 1.92. The molecule has 0 radical (unpaired) electrons. The van der Waals surface area contributed by atoms with Crippen LogP contribution in [0.15, 0.2) is 39.4 Å². The average molecular weight is 313 g/mol. The Labute approximate surface area is 113 Å². The number of rotatable bonds is 4. The lowest BCUT2D eigenvalue weighted by molar-refractivity contribution is 0.495. The molecule has 0 aliphatic carbocycles. The van der Waals surface area contributed by atoms with Crippen molar-refractivity contribution < 1.29 is 8.81 Å². The Hall–Kier alpha value is -1.17. The second-order valence-electron chi connectivity index (χ2n) is 4.09. The van der Waals surface area contributed by atoms with E-state index in [-0.39, 0.29) is 11.9 Å². The van der Waals surface area contributed by atoms with Crippen LogP contribution in [0.25, 0.3) is 0 Å². The molecule has 0 bridgehead atoms. The lowest BCUT2D eigenvalue weighted by atomic mass is 9.99. The van der Waals surface area contributed by atoms with E-state index in [0.717, 1.165) is 15.8 Å². The molecule has 1 aromatic heterocycles. The standard InChI is InChI=1S/C13H14BrFN2O/c1-8-11(4-5-18-8)13(17-16)6-9-2-3-10(14)7-12(9)15/h2-5,7,13,17H,6,16H2,1H3. The molecule has 2 rings (SSSR count). The molecule has 1 unspecified atom stereocenters. The lowest BCUT2D eigenvalue weighted by Gasteiger charge is -2.15. The van der Waals surface area contributed by atoms with Crippen LogP contribution in [0.3, 0.4) is 0 Å². The monoisotopic (exact) mass is 312 g/mol. The number of aryl methyl sites for hydroxylation is 1. The van der Waals surface area contributed by atoms with Gasteiger partial charge in [0.25, 0.3) is 0 Å². The molecule has 0 amide bonds. The fourth-order valence-corrected chi connectivity index (χ4v) is 2.26. The van der Waals surface area contributed by atoms with Crippen molar-refractivity contribution in [3.8, 4) is 0 Å². The summed E-state index contributed by atoms with van der Waals surface area (Å²) in [6.07, 6.45) is 2.07. The number of nitrogens with one attached hydrogen (secondary N) is 1. The van der Waals surface area contributed by atoms with Gasteiger partial charge in [0.2, 0.25) is 0 Å². The van der Waals surface area contributed by atoms with Gasteiger partial charge in [0, 0.05) is 10.0 Å². The first-order valence-corrected chi connectivity index (χ1v) is 6.35. The zero-order valence-corrected chi connectivity index (χ0v) is 11.5. The van der Waals surface area contributed by atoms with Crippen molar-refractivity contribution in [2.45, 2.75) is 19.4 Å². The summed E-state index contributed by atoms with van der Waals surface area (Å²) in [5, 5.41) is 0. The van der Waals surface area contributed by atoms with Crippen molar-refractivity contribution in [2.24, 2.45) is 5.84 Å². The Bertz CT molecular complexity index is 542. The molecule has 18 heavy (non-hydrogen) atoms. The summed E-state index contributed by atoms with van der Waals surface area (Å²) in [5.74, 6) is 6.08. The molecule has 0 aliphatic heterocycles. The molecule has 3 nitrogen and oxygen atoms in total. The van der Waals surface area contributed by atoms with Gasteiger partial charge < -0.3 is 4.42 Å². The lowest BCUT2D eigenvalue weighted by Crippen LogP contribution is -2.30. The second-order valence-corrected chi connectivity index (χ2v) is 5.01. The highest BCUT2D eigenvalue weighted by atomic mass is 79.9.